The zero-order chi connectivity index (χ0) is 13.8. The number of nitrogens with zero attached hydrogens (tertiary/aromatic N) is 2. The molecule has 4 nitrogen and oxygen atoms in total. The van der Waals surface area contributed by atoms with Crippen molar-refractivity contribution in [3.63, 3.8) is 0 Å². The van der Waals surface area contributed by atoms with E-state index in [4.69, 9.17) is 21.1 Å². The minimum atomic E-state index is 0.429. The Balaban J connectivity index is 2.62. The molecule has 0 N–H and O–H groups in total. The van der Waals surface area contributed by atoms with Gasteiger partial charge in [-0.2, -0.15) is 0 Å². The van der Waals surface area contributed by atoms with Gasteiger partial charge in [-0.25, -0.2) is 9.97 Å². The number of hydrogen-bond donors (Lipinski definition) is 0. The van der Waals surface area contributed by atoms with Gasteiger partial charge in [-0.3, -0.25) is 0 Å². The number of benzene rings is 1. The predicted molar refractivity (Wildman–Crippen MR) is 78.7 cm³/mol. The lowest BCUT2D eigenvalue weighted by molar-refractivity contribution is 0.288. The summed E-state index contributed by atoms with van der Waals surface area (Å²) in [5, 5.41) is 1.84. The van der Waals surface area contributed by atoms with Crippen LogP contribution in [0.15, 0.2) is 17.3 Å². The van der Waals surface area contributed by atoms with E-state index in [0.29, 0.717) is 35.0 Å². The van der Waals surface area contributed by atoms with E-state index in [-0.39, 0.29) is 0 Å². The number of ether oxygens (including phenoxy) is 2. The molecule has 2 aromatic rings. The average molecular weight is 299 g/mol. The molecule has 0 spiro atoms. The van der Waals surface area contributed by atoms with E-state index in [1.54, 1.807) is 0 Å². The molecule has 0 aliphatic rings. The van der Waals surface area contributed by atoms with Gasteiger partial charge in [-0.1, -0.05) is 23.4 Å². The zero-order valence-corrected chi connectivity index (χ0v) is 12.6. The van der Waals surface area contributed by atoms with Crippen LogP contribution in [0.1, 0.15) is 13.8 Å². The highest BCUT2D eigenvalue weighted by atomic mass is 35.5. The lowest BCUT2D eigenvalue weighted by atomic mass is 10.2. The monoisotopic (exact) mass is 298 g/mol. The normalized spacial score (nSPS) is 10.7. The summed E-state index contributed by atoms with van der Waals surface area (Å²) in [6.07, 6.45) is 1.91. The van der Waals surface area contributed by atoms with Gasteiger partial charge in [0.1, 0.15) is 5.15 Å². The van der Waals surface area contributed by atoms with Crippen molar-refractivity contribution >= 4 is 34.3 Å². The molecule has 0 fully saturated rings. The minimum Gasteiger partial charge on any atom is -0.490 e. The Bertz CT molecular complexity index is 592. The maximum atomic E-state index is 6.18. The van der Waals surface area contributed by atoms with Gasteiger partial charge in [-0.05, 0) is 26.2 Å². The summed E-state index contributed by atoms with van der Waals surface area (Å²) in [4.78, 5) is 8.65. The summed E-state index contributed by atoms with van der Waals surface area (Å²) < 4.78 is 11.1. The van der Waals surface area contributed by atoms with Crippen molar-refractivity contribution in [2.24, 2.45) is 0 Å². The van der Waals surface area contributed by atoms with Crippen LogP contribution in [-0.4, -0.2) is 29.4 Å². The summed E-state index contributed by atoms with van der Waals surface area (Å²) >= 11 is 7.63. The summed E-state index contributed by atoms with van der Waals surface area (Å²) in [6.45, 7) is 4.99. The van der Waals surface area contributed by atoms with E-state index >= 15 is 0 Å². The molecule has 2 rings (SSSR count). The highest BCUT2D eigenvalue weighted by Gasteiger charge is 2.12. The van der Waals surface area contributed by atoms with Crippen molar-refractivity contribution in [1.82, 2.24) is 9.97 Å². The lowest BCUT2D eigenvalue weighted by Crippen LogP contribution is -1.99. The largest absolute Gasteiger partial charge is 0.490 e. The number of hydrogen-bond acceptors (Lipinski definition) is 5. The molecule has 0 unspecified atom stereocenters. The summed E-state index contributed by atoms with van der Waals surface area (Å²) in [5.74, 6) is 1.35. The molecule has 1 aromatic carbocycles. The number of thioether (sulfide) groups is 1. The van der Waals surface area contributed by atoms with Crippen molar-refractivity contribution in [2.75, 3.05) is 19.5 Å². The van der Waals surface area contributed by atoms with Crippen LogP contribution in [0.3, 0.4) is 0 Å². The van der Waals surface area contributed by atoms with Crippen molar-refractivity contribution in [2.45, 2.75) is 19.0 Å². The molecule has 0 atom stereocenters. The maximum absolute atomic E-state index is 6.18. The van der Waals surface area contributed by atoms with E-state index in [2.05, 4.69) is 9.97 Å². The van der Waals surface area contributed by atoms with Crippen LogP contribution < -0.4 is 9.47 Å². The fraction of sp³-hybridized carbons (Fsp3) is 0.385. The van der Waals surface area contributed by atoms with Gasteiger partial charge in [0.15, 0.2) is 16.7 Å². The first kappa shape index (κ1) is 14.2. The molecule has 102 valence electrons. The Morgan fingerprint density at radius 3 is 2.32 bits per heavy atom. The van der Waals surface area contributed by atoms with Crippen molar-refractivity contribution in [3.05, 3.63) is 17.3 Å². The molecular weight excluding hydrogens is 284 g/mol. The molecule has 0 saturated carbocycles. The third kappa shape index (κ3) is 3.04. The zero-order valence-electron chi connectivity index (χ0n) is 11.1. The van der Waals surface area contributed by atoms with Crippen LogP contribution >= 0.6 is 23.4 Å². The average Bonchev–Trinajstić information content (AvgIpc) is 2.40. The van der Waals surface area contributed by atoms with Crippen molar-refractivity contribution in [3.8, 4) is 11.5 Å². The molecular formula is C13H15ClN2O2S. The Morgan fingerprint density at radius 2 is 1.74 bits per heavy atom. The third-order valence-electron chi connectivity index (χ3n) is 2.48. The van der Waals surface area contributed by atoms with Crippen molar-refractivity contribution < 1.29 is 9.47 Å². The van der Waals surface area contributed by atoms with E-state index in [1.807, 2.05) is 32.2 Å². The molecule has 0 aliphatic heterocycles. The molecule has 0 saturated heterocycles. The Labute approximate surface area is 121 Å². The number of halogens is 1. The fourth-order valence-electron chi connectivity index (χ4n) is 1.71. The quantitative estimate of drug-likeness (QED) is 0.477. The first-order valence-corrected chi connectivity index (χ1v) is 7.60. The van der Waals surface area contributed by atoms with Gasteiger partial charge < -0.3 is 9.47 Å². The van der Waals surface area contributed by atoms with Crippen LogP contribution in [0, 0.1) is 0 Å². The topological polar surface area (TPSA) is 44.2 Å². The highest BCUT2D eigenvalue weighted by molar-refractivity contribution is 7.98. The predicted octanol–water partition coefficient (Wildman–Crippen LogP) is 3.80. The number of fused-ring (bicyclic) bond motifs is 1. The van der Waals surface area contributed by atoms with E-state index in [0.717, 1.165) is 10.9 Å². The Hall–Kier alpha value is -1.20. The molecule has 0 bridgehead atoms. The van der Waals surface area contributed by atoms with Crippen molar-refractivity contribution in [1.29, 1.82) is 0 Å². The lowest BCUT2D eigenvalue weighted by Gasteiger charge is -2.12. The summed E-state index contributed by atoms with van der Waals surface area (Å²) in [6, 6.07) is 3.67. The van der Waals surface area contributed by atoms with Crippen LogP contribution in [-0.2, 0) is 0 Å². The number of rotatable bonds is 5. The Kier molecular flexibility index (Phi) is 4.71. The summed E-state index contributed by atoms with van der Waals surface area (Å²) in [5.41, 5.74) is 0.760. The first-order chi connectivity index (χ1) is 9.19. The SMILES string of the molecule is CCOc1cc2nc(SC)nc(Cl)c2cc1OCC. The molecule has 0 aliphatic carbocycles. The molecule has 0 amide bonds. The second kappa shape index (κ2) is 6.30. The first-order valence-electron chi connectivity index (χ1n) is 6.00. The van der Waals surface area contributed by atoms with Gasteiger partial charge in [0.05, 0.1) is 18.7 Å². The fourth-order valence-corrected chi connectivity index (χ4v) is 2.36. The van der Waals surface area contributed by atoms with Gasteiger partial charge in [-0.15, -0.1) is 0 Å². The minimum absolute atomic E-state index is 0.429. The number of aromatic nitrogens is 2. The van der Waals surface area contributed by atoms with E-state index < -0.39 is 0 Å². The second-order valence-corrected chi connectivity index (χ2v) is 4.81. The summed E-state index contributed by atoms with van der Waals surface area (Å²) in [7, 11) is 0. The van der Waals surface area contributed by atoms with Crippen LogP contribution in [0.4, 0.5) is 0 Å². The molecule has 1 heterocycles. The highest BCUT2D eigenvalue weighted by Crippen LogP contribution is 2.35. The third-order valence-corrected chi connectivity index (χ3v) is 3.31. The van der Waals surface area contributed by atoms with Crippen LogP contribution in [0.5, 0.6) is 11.5 Å². The van der Waals surface area contributed by atoms with Gasteiger partial charge in [0.2, 0.25) is 0 Å². The molecule has 6 heteroatoms. The Morgan fingerprint density at radius 1 is 1.11 bits per heavy atom. The van der Waals surface area contributed by atoms with Crippen LogP contribution in [0.25, 0.3) is 10.9 Å². The maximum Gasteiger partial charge on any atom is 0.189 e. The second-order valence-electron chi connectivity index (χ2n) is 3.68. The molecule has 1 aromatic heterocycles. The smallest absolute Gasteiger partial charge is 0.189 e. The van der Waals surface area contributed by atoms with E-state index in [9.17, 15) is 0 Å². The molecule has 0 radical (unpaired) electrons. The van der Waals surface area contributed by atoms with E-state index in [1.165, 1.54) is 11.8 Å². The van der Waals surface area contributed by atoms with Crippen LogP contribution in [0.2, 0.25) is 5.15 Å². The van der Waals surface area contributed by atoms with Gasteiger partial charge in [0, 0.05) is 11.5 Å². The standard InChI is InChI=1S/C13H15ClN2O2S/c1-4-17-10-6-8-9(7-11(10)18-5-2)15-13(19-3)16-12(8)14/h6-7H,4-5H2,1-3H3. The van der Waals surface area contributed by atoms with Gasteiger partial charge >= 0.3 is 0 Å². The molecule has 19 heavy (non-hydrogen) atoms. The van der Waals surface area contributed by atoms with Gasteiger partial charge in [0.25, 0.3) is 0 Å².